The molecule has 0 aliphatic heterocycles. The molecular weight excluding hydrogens is 307 g/mol. The Hall–Kier alpha value is -1.88. The Morgan fingerprint density at radius 1 is 1.12 bits per heavy atom. The first-order chi connectivity index (χ1) is 11.5. The van der Waals surface area contributed by atoms with Gasteiger partial charge in [-0.15, -0.1) is 0 Å². The zero-order valence-corrected chi connectivity index (χ0v) is 13.9. The van der Waals surface area contributed by atoms with Gasteiger partial charge in [-0.1, -0.05) is 12.1 Å². The molecule has 0 unspecified atom stereocenters. The molecule has 4 rings (SSSR count). The first-order valence-electron chi connectivity index (χ1n) is 8.55. The zero-order chi connectivity index (χ0) is 17.2. The van der Waals surface area contributed by atoms with Crippen molar-refractivity contribution in [1.82, 2.24) is 0 Å². The molecule has 1 aromatic rings. The van der Waals surface area contributed by atoms with Crippen molar-refractivity contribution in [2.45, 2.75) is 43.9 Å². The third kappa shape index (κ3) is 2.93. The van der Waals surface area contributed by atoms with Gasteiger partial charge < -0.3 is 16.2 Å². The number of benzene rings is 1. The molecule has 0 atom stereocenters. The summed E-state index contributed by atoms with van der Waals surface area (Å²) in [5.74, 6) is 0.581. The van der Waals surface area contributed by atoms with E-state index in [1.807, 2.05) is 12.1 Å². The lowest BCUT2D eigenvalue weighted by atomic mass is 9.51. The molecule has 0 saturated heterocycles. The summed E-state index contributed by atoms with van der Waals surface area (Å²) < 4.78 is 18.1. The minimum atomic E-state index is -0.262. The summed E-state index contributed by atoms with van der Waals surface area (Å²) in [6.07, 6.45) is 6.21. The summed E-state index contributed by atoms with van der Waals surface area (Å²) in [4.78, 5) is 11.8. The summed E-state index contributed by atoms with van der Waals surface area (Å²) in [5, 5.41) is 0. The van der Waals surface area contributed by atoms with Gasteiger partial charge in [-0.2, -0.15) is 0 Å². The SMILES string of the molecule is NC/C(=C\F)COc1ccc(C23CCC(C(N)=O)(CC2)CC3)cc1. The Balaban J connectivity index is 1.68. The lowest BCUT2D eigenvalue weighted by molar-refractivity contribution is -0.134. The zero-order valence-electron chi connectivity index (χ0n) is 13.9. The minimum Gasteiger partial charge on any atom is -0.489 e. The van der Waals surface area contributed by atoms with Crippen molar-refractivity contribution in [1.29, 1.82) is 0 Å². The van der Waals surface area contributed by atoms with Crippen molar-refractivity contribution in [3.8, 4) is 5.75 Å². The van der Waals surface area contributed by atoms with Crippen molar-refractivity contribution in [2.75, 3.05) is 13.2 Å². The Morgan fingerprint density at radius 2 is 1.71 bits per heavy atom. The Labute approximate surface area is 142 Å². The number of carbonyl (C=O) groups excluding carboxylic acids is 1. The van der Waals surface area contributed by atoms with E-state index in [2.05, 4.69) is 12.1 Å². The third-order valence-corrected chi connectivity index (χ3v) is 6.08. The van der Waals surface area contributed by atoms with Gasteiger partial charge >= 0.3 is 0 Å². The molecule has 2 bridgehead atoms. The van der Waals surface area contributed by atoms with Crippen molar-refractivity contribution in [2.24, 2.45) is 16.9 Å². The smallest absolute Gasteiger partial charge is 0.223 e. The summed E-state index contributed by atoms with van der Waals surface area (Å²) in [5.41, 5.74) is 12.7. The molecule has 0 aromatic heterocycles. The van der Waals surface area contributed by atoms with Gasteiger partial charge in [0.15, 0.2) is 0 Å². The monoisotopic (exact) mass is 332 g/mol. The molecule has 4 N–H and O–H groups in total. The second-order valence-corrected chi connectivity index (χ2v) is 7.21. The number of ether oxygens (including phenoxy) is 1. The van der Waals surface area contributed by atoms with Gasteiger partial charge in [0.1, 0.15) is 12.4 Å². The highest BCUT2D eigenvalue weighted by Crippen LogP contribution is 2.57. The molecule has 3 fully saturated rings. The van der Waals surface area contributed by atoms with Crippen LogP contribution in [0.15, 0.2) is 36.2 Å². The molecule has 0 spiro atoms. The summed E-state index contributed by atoms with van der Waals surface area (Å²) in [6.45, 7) is 0.317. The predicted molar refractivity (Wildman–Crippen MR) is 91.2 cm³/mol. The number of amides is 1. The lowest BCUT2D eigenvalue weighted by Crippen LogP contribution is -2.50. The van der Waals surface area contributed by atoms with Gasteiger partial charge in [-0.3, -0.25) is 4.79 Å². The number of primary amides is 1. The molecule has 4 nitrogen and oxygen atoms in total. The molecule has 5 heteroatoms. The van der Waals surface area contributed by atoms with Crippen LogP contribution in [0.25, 0.3) is 0 Å². The Bertz CT molecular complexity index is 615. The van der Waals surface area contributed by atoms with Crippen LogP contribution in [0.3, 0.4) is 0 Å². The highest BCUT2D eigenvalue weighted by Gasteiger charge is 2.52. The normalized spacial score (nSPS) is 29.5. The summed E-state index contributed by atoms with van der Waals surface area (Å²) in [6, 6.07) is 8.06. The van der Waals surface area contributed by atoms with Crippen LogP contribution in [0.4, 0.5) is 4.39 Å². The van der Waals surface area contributed by atoms with E-state index < -0.39 is 0 Å². The standard InChI is InChI=1S/C19H25FN2O2/c20-11-14(12-21)13-24-16-3-1-15(2-4-16)18-5-8-19(9-6-18,10-7-18)17(22)23/h1-4,11H,5-10,12-13,21H2,(H2,22,23)/b14-11+. The third-order valence-electron chi connectivity index (χ3n) is 6.08. The summed E-state index contributed by atoms with van der Waals surface area (Å²) in [7, 11) is 0. The average molecular weight is 332 g/mol. The fraction of sp³-hybridized carbons (Fsp3) is 0.526. The molecule has 130 valence electrons. The van der Waals surface area contributed by atoms with Crippen molar-refractivity contribution < 1.29 is 13.9 Å². The number of carbonyl (C=O) groups is 1. The molecule has 3 saturated carbocycles. The van der Waals surface area contributed by atoms with Gasteiger partial charge in [-0.25, -0.2) is 4.39 Å². The maximum Gasteiger partial charge on any atom is 0.223 e. The van der Waals surface area contributed by atoms with E-state index in [1.165, 1.54) is 5.56 Å². The minimum absolute atomic E-state index is 0.129. The molecular formula is C19H25FN2O2. The van der Waals surface area contributed by atoms with Crippen molar-refractivity contribution in [3.63, 3.8) is 0 Å². The van der Waals surface area contributed by atoms with Gasteiger partial charge in [0, 0.05) is 17.5 Å². The van der Waals surface area contributed by atoms with Gasteiger partial charge in [-0.05, 0) is 61.6 Å². The highest BCUT2D eigenvalue weighted by atomic mass is 19.1. The Morgan fingerprint density at radius 3 is 2.17 bits per heavy atom. The molecule has 1 amide bonds. The van der Waals surface area contributed by atoms with Crippen LogP contribution >= 0.6 is 0 Å². The predicted octanol–water partition coefficient (Wildman–Crippen LogP) is 2.95. The number of nitrogens with two attached hydrogens (primary N) is 2. The quantitative estimate of drug-likeness (QED) is 0.840. The van der Waals surface area contributed by atoms with Crippen LogP contribution in [-0.4, -0.2) is 19.1 Å². The number of fused-ring (bicyclic) bond motifs is 3. The molecule has 24 heavy (non-hydrogen) atoms. The number of halogens is 1. The van der Waals surface area contributed by atoms with E-state index in [0.717, 1.165) is 38.5 Å². The van der Waals surface area contributed by atoms with Crippen LogP contribution in [0.1, 0.15) is 44.1 Å². The second kappa shape index (κ2) is 6.55. The number of hydrogen-bond donors (Lipinski definition) is 2. The van der Waals surface area contributed by atoms with Crippen molar-refractivity contribution in [3.05, 3.63) is 41.7 Å². The topological polar surface area (TPSA) is 78.3 Å². The van der Waals surface area contributed by atoms with Gasteiger partial charge in [0.05, 0.1) is 6.33 Å². The van der Waals surface area contributed by atoms with E-state index in [9.17, 15) is 9.18 Å². The number of rotatable bonds is 6. The van der Waals surface area contributed by atoms with E-state index in [-0.39, 0.29) is 29.9 Å². The van der Waals surface area contributed by atoms with Crippen LogP contribution < -0.4 is 16.2 Å². The maximum absolute atomic E-state index is 12.5. The molecule has 3 aliphatic carbocycles. The molecule has 0 radical (unpaired) electrons. The first-order valence-corrected chi connectivity index (χ1v) is 8.55. The molecule has 1 aromatic carbocycles. The number of hydrogen-bond acceptors (Lipinski definition) is 3. The second-order valence-electron chi connectivity index (χ2n) is 7.21. The fourth-order valence-corrected chi connectivity index (χ4v) is 4.20. The van der Waals surface area contributed by atoms with Crippen LogP contribution in [0.5, 0.6) is 5.75 Å². The summed E-state index contributed by atoms with van der Waals surface area (Å²) >= 11 is 0. The fourth-order valence-electron chi connectivity index (χ4n) is 4.20. The molecule has 0 heterocycles. The van der Waals surface area contributed by atoms with Crippen LogP contribution in [0, 0.1) is 5.41 Å². The molecule has 3 aliphatic rings. The van der Waals surface area contributed by atoms with Gasteiger partial charge in [0.2, 0.25) is 5.91 Å². The van der Waals surface area contributed by atoms with E-state index in [1.54, 1.807) is 0 Å². The van der Waals surface area contributed by atoms with E-state index in [4.69, 9.17) is 16.2 Å². The van der Waals surface area contributed by atoms with Gasteiger partial charge in [0.25, 0.3) is 0 Å². The maximum atomic E-state index is 12.5. The lowest BCUT2D eigenvalue weighted by Gasteiger charge is -2.52. The van der Waals surface area contributed by atoms with Crippen LogP contribution in [0.2, 0.25) is 0 Å². The first kappa shape index (κ1) is 17.0. The Kier molecular flexibility index (Phi) is 4.63. The van der Waals surface area contributed by atoms with Crippen molar-refractivity contribution >= 4 is 5.91 Å². The largest absolute Gasteiger partial charge is 0.489 e. The average Bonchev–Trinajstić information content (AvgIpc) is 2.64. The van der Waals surface area contributed by atoms with E-state index in [0.29, 0.717) is 17.7 Å². The van der Waals surface area contributed by atoms with E-state index >= 15 is 0 Å². The van der Waals surface area contributed by atoms with Crippen LogP contribution in [-0.2, 0) is 10.2 Å². The highest BCUT2D eigenvalue weighted by molar-refractivity contribution is 5.81.